The van der Waals surface area contributed by atoms with Crippen LogP contribution in [0.15, 0.2) is 36.7 Å². The first-order chi connectivity index (χ1) is 15.3. The van der Waals surface area contributed by atoms with Crippen molar-refractivity contribution in [2.45, 2.75) is 12.8 Å². The van der Waals surface area contributed by atoms with Crippen LogP contribution in [0.5, 0.6) is 0 Å². The molecule has 0 aliphatic carbocycles. The van der Waals surface area contributed by atoms with Crippen LogP contribution in [0.25, 0.3) is 22.3 Å². The molecule has 2 N–H and O–H groups in total. The number of fused-ring (bicyclic) bond motifs is 1. The van der Waals surface area contributed by atoms with Gasteiger partial charge in [0.1, 0.15) is 5.52 Å². The first kappa shape index (κ1) is 20.4. The summed E-state index contributed by atoms with van der Waals surface area (Å²) in [7, 11) is 0. The summed E-state index contributed by atoms with van der Waals surface area (Å²) >= 11 is 6.67. The summed E-state index contributed by atoms with van der Waals surface area (Å²) in [6.07, 6.45) is 5.87. The van der Waals surface area contributed by atoms with Crippen LogP contribution in [-0.4, -0.2) is 60.9 Å². The number of anilines is 2. The van der Waals surface area contributed by atoms with E-state index in [4.69, 9.17) is 21.3 Å². The Hall–Kier alpha value is -2.48. The second-order valence-electron chi connectivity index (χ2n) is 8.14. The molecule has 0 amide bonds. The van der Waals surface area contributed by atoms with Crippen LogP contribution >= 0.6 is 11.6 Å². The molecule has 2 aliphatic rings. The second-order valence-corrected chi connectivity index (χ2v) is 8.55. The lowest BCUT2D eigenvalue weighted by atomic mass is 10.00. The molecule has 5 rings (SSSR count). The van der Waals surface area contributed by atoms with Crippen molar-refractivity contribution in [3.63, 3.8) is 0 Å². The van der Waals surface area contributed by atoms with Gasteiger partial charge in [-0.3, -0.25) is 4.98 Å². The Balaban J connectivity index is 1.44. The molecule has 7 nitrogen and oxygen atoms in total. The Morgan fingerprint density at radius 2 is 2.03 bits per heavy atom. The third-order valence-corrected chi connectivity index (χ3v) is 6.31. The molecule has 1 aromatic carbocycles. The molecule has 3 aromatic rings. The van der Waals surface area contributed by atoms with Gasteiger partial charge in [-0.2, -0.15) is 0 Å². The Kier molecular flexibility index (Phi) is 6.15. The number of benzene rings is 1. The van der Waals surface area contributed by atoms with Crippen molar-refractivity contribution in [1.29, 1.82) is 0 Å². The lowest BCUT2D eigenvalue weighted by Gasteiger charge is -2.29. The van der Waals surface area contributed by atoms with Crippen LogP contribution in [0, 0.1) is 5.92 Å². The smallest absolute Gasteiger partial charge is 0.154 e. The van der Waals surface area contributed by atoms with Gasteiger partial charge in [0.25, 0.3) is 0 Å². The summed E-state index contributed by atoms with van der Waals surface area (Å²) in [6.45, 7) is 6.18. The summed E-state index contributed by atoms with van der Waals surface area (Å²) in [6, 6.07) is 8.13. The van der Waals surface area contributed by atoms with Crippen molar-refractivity contribution < 1.29 is 4.74 Å². The monoisotopic (exact) mass is 438 g/mol. The molecule has 4 heterocycles. The van der Waals surface area contributed by atoms with Crippen molar-refractivity contribution in [2.24, 2.45) is 5.92 Å². The maximum absolute atomic E-state index is 6.67. The summed E-state index contributed by atoms with van der Waals surface area (Å²) in [5.74, 6) is 1.37. The predicted octanol–water partition coefficient (Wildman–Crippen LogP) is 3.59. The number of hydrogen-bond acceptors (Lipinski definition) is 7. The quantitative estimate of drug-likeness (QED) is 0.630. The Morgan fingerprint density at radius 1 is 1.16 bits per heavy atom. The number of morpholine rings is 1. The fourth-order valence-electron chi connectivity index (χ4n) is 4.31. The van der Waals surface area contributed by atoms with Crippen LogP contribution in [0.4, 0.5) is 11.5 Å². The molecule has 2 saturated heterocycles. The molecule has 31 heavy (non-hydrogen) atoms. The van der Waals surface area contributed by atoms with E-state index in [2.05, 4.69) is 37.6 Å². The van der Waals surface area contributed by atoms with Gasteiger partial charge in [0.05, 0.1) is 35.1 Å². The molecular weight excluding hydrogens is 412 g/mol. The standard InChI is InChI=1S/C23H27ClN6O/c24-18-12-17(3-4-21(18)30-8-10-31-11-9-30)19-13-20-22(27-7-6-26-20)23(29-19)28-15-16-2-1-5-25-14-16/h3-4,6-7,12-13,16,25H,1-2,5,8-11,14-15H2,(H,28,29)/t16-/m0/s1. The summed E-state index contributed by atoms with van der Waals surface area (Å²) in [4.78, 5) is 16.2. The molecule has 0 spiro atoms. The van der Waals surface area contributed by atoms with E-state index in [1.807, 2.05) is 12.1 Å². The lowest BCUT2D eigenvalue weighted by Crippen LogP contribution is -2.36. The van der Waals surface area contributed by atoms with E-state index in [-0.39, 0.29) is 0 Å². The summed E-state index contributed by atoms with van der Waals surface area (Å²) in [5, 5.41) is 7.73. The van der Waals surface area contributed by atoms with Gasteiger partial charge in [-0.1, -0.05) is 17.7 Å². The molecule has 2 aromatic heterocycles. The minimum atomic E-state index is 0.591. The summed E-state index contributed by atoms with van der Waals surface area (Å²) in [5.41, 5.74) is 4.47. The van der Waals surface area contributed by atoms with Crippen molar-refractivity contribution in [3.8, 4) is 11.3 Å². The van der Waals surface area contributed by atoms with Gasteiger partial charge in [-0.25, -0.2) is 9.97 Å². The van der Waals surface area contributed by atoms with Crippen LogP contribution in [0.3, 0.4) is 0 Å². The van der Waals surface area contributed by atoms with Crippen LogP contribution < -0.4 is 15.5 Å². The van der Waals surface area contributed by atoms with E-state index < -0.39 is 0 Å². The lowest BCUT2D eigenvalue weighted by molar-refractivity contribution is 0.122. The fraction of sp³-hybridized carbons (Fsp3) is 0.435. The predicted molar refractivity (Wildman–Crippen MR) is 125 cm³/mol. The van der Waals surface area contributed by atoms with E-state index in [1.54, 1.807) is 12.4 Å². The van der Waals surface area contributed by atoms with Gasteiger partial charge in [0, 0.05) is 37.6 Å². The minimum absolute atomic E-state index is 0.591. The Bertz CT molecular complexity index is 1050. The van der Waals surface area contributed by atoms with E-state index in [1.165, 1.54) is 12.8 Å². The molecular formula is C23H27ClN6O. The minimum Gasteiger partial charge on any atom is -0.378 e. The molecule has 0 radical (unpaired) electrons. The van der Waals surface area contributed by atoms with Gasteiger partial charge in [0.2, 0.25) is 0 Å². The van der Waals surface area contributed by atoms with Crippen molar-refractivity contribution in [1.82, 2.24) is 20.3 Å². The molecule has 1 atom stereocenters. The number of hydrogen-bond donors (Lipinski definition) is 2. The Labute approximate surface area is 187 Å². The SMILES string of the molecule is Clc1cc(-c2cc3nccnc3c(NC[C@H]3CCCNC3)n2)ccc1N1CCOCC1. The summed E-state index contributed by atoms with van der Waals surface area (Å²) < 4.78 is 5.46. The molecule has 0 saturated carbocycles. The fourth-order valence-corrected chi connectivity index (χ4v) is 4.61. The highest BCUT2D eigenvalue weighted by molar-refractivity contribution is 6.33. The number of ether oxygens (including phenoxy) is 1. The van der Waals surface area contributed by atoms with Crippen LogP contribution in [0.1, 0.15) is 12.8 Å². The van der Waals surface area contributed by atoms with E-state index >= 15 is 0 Å². The number of aromatic nitrogens is 3. The van der Waals surface area contributed by atoms with Crippen molar-refractivity contribution in [3.05, 3.63) is 41.7 Å². The van der Waals surface area contributed by atoms with E-state index in [0.29, 0.717) is 5.92 Å². The third kappa shape index (κ3) is 4.59. The highest BCUT2D eigenvalue weighted by atomic mass is 35.5. The average molecular weight is 439 g/mol. The average Bonchev–Trinajstić information content (AvgIpc) is 2.83. The highest BCUT2D eigenvalue weighted by Gasteiger charge is 2.17. The molecule has 162 valence electrons. The maximum Gasteiger partial charge on any atom is 0.154 e. The number of pyridine rings is 1. The van der Waals surface area contributed by atoms with E-state index in [9.17, 15) is 0 Å². The zero-order valence-electron chi connectivity index (χ0n) is 17.5. The third-order valence-electron chi connectivity index (χ3n) is 6.01. The van der Waals surface area contributed by atoms with Crippen LogP contribution in [0.2, 0.25) is 5.02 Å². The van der Waals surface area contributed by atoms with Gasteiger partial charge < -0.3 is 20.3 Å². The largest absolute Gasteiger partial charge is 0.378 e. The number of nitrogens with one attached hydrogen (secondary N) is 2. The molecule has 0 bridgehead atoms. The van der Waals surface area contributed by atoms with Crippen molar-refractivity contribution >= 4 is 34.1 Å². The zero-order chi connectivity index (χ0) is 21.0. The maximum atomic E-state index is 6.67. The van der Waals surface area contributed by atoms with Gasteiger partial charge in [-0.05, 0) is 50.0 Å². The van der Waals surface area contributed by atoms with E-state index in [0.717, 1.165) is 84.8 Å². The first-order valence-electron chi connectivity index (χ1n) is 11.0. The topological polar surface area (TPSA) is 75.2 Å². The van der Waals surface area contributed by atoms with Gasteiger partial charge in [0.15, 0.2) is 5.82 Å². The number of piperidine rings is 1. The van der Waals surface area contributed by atoms with Gasteiger partial charge in [-0.15, -0.1) is 0 Å². The first-order valence-corrected chi connectivity index (χ1v) is 11.3. The molecule has 2 aliphatic heterocycles. The van der Waals surface area contributed by atoms with Crippen molar-refractivity contribution in [2.75, 3.05) is 56.2 Å². The van der Waals surface area contributed by atoms with Gasteiger partial charge >= 0.3 is 0 Å². The zero-order valence-corrected chi connectivity index (χ0v) is 18.2. The Morgan fingerprint density at radius 3 is 2.84 bits per heavy atom. The molecule has 8 heteroatoms. The normalized spacial score (nSPS) is 19.5. The number of rotatable bonds is 5. The highest BCUT2D eigenvalue weighted by Crippen LogP contribution is 2.33. The number of nitrogens with zero attached hydrogens (tertiary/aromatic N) is 4. The number of halogens is 1. The second kappa shape index (κ2) is 9.34. The van der Waals surface area contributed by atoms with Crippen LogP contribution in [-0.2, 0) is 4.74 Å². The molecule has 0 unspecified atom stereocenters. The molecule has 2 fully saturated rings.